The number of nitrogens with zero attached hydrogens (tertiary/aromatic N) is 5. The molecule has 1 N–H and O–H groups in total. The third-order valence-electron chi connectivity index (χ3n) is 7.14. The van der Waals surface area contributed by atoms with E-state index >= 15 is 0 Å². The van der Waals surface area contributed by atoms with E-state index in [0.29, 0.717) is 5.69 Å². The maximum Gasteiger partial charge on any atom is 0.331 e. The molecular weight excluding hydrogens is 452 g/mol. The first kappa shape index (κ1) is 22.4. The van der Waals surface area contributed by atoms with Gasteiger partial charge in [0.2, 0.25) is 0 Å². The smallest absolute Gasteiger partial charge is 0.331 e. The van der Waals surface area contributed by atoms with Crippen molar-refractivity contribution in [3.05, 3.63) is 77.1 Å². The van der Waals surface area contributed by atoms with Gasteiger partial charge in [-0.3, -0.25) is 14.5 Å². The first-order valence-electron chi connectivity index (χ1n) is 12.3. The van der Waals surface area contributed by atoms with E-state index in [4.69, 9.17) is 4.74 Å². The lowest BCUT2D eigenvalue weighted by atomic mass is 10.1. The van der Waals surface area contributed by atoms with Gasteiger partial charge in [-0.2, -0.15) is 5.26 Å². The molecule has 1 saturated heterocycles. The molecular formula is C28H28N6O2. The number of hydrogen-bond donors (Lipinski definition) is 1. The van der Waals surface area contributed by atoms with Crippen LogP contribution >= 0.6 is 0 Å². The predicted octanol–water partition coefficient (Wildman–Crippen LogP) is 3.87. The van der Waals surface area contributed by atoms with Gasteiger partial charge < -0.3 is 13.9 Å². The number of nitriles is 1. The molecule has 4 heterocycles. The second-order valence-electron chi connectivity index (χ2n) is 9.30. The molecule has 2 aromatic carbocycles. The third-order valence-corrected chi connectivity index (χ3v) is 7.14. The Kier molecular flexibility index (Phi) is 5.72. The lowest BCUT2D eigenvalue weighted by molar-refractivity contribution is 0.0370. The molecule has 0 amide bonds. The maximum absolute atomic E-state index is 13.3. The largest absolute Gasteiger partial charge is 0.379 e. The summed E-state index contributed by atoms with van der Waals surface area (Å²) in [7, 11) is 1.97. The van der Waals surface area contributed by atoms with Gasteiger partial charge in [-0.25, -0.2) is 4.79 Å². The number of rotatable bonds is 6. The summed E-state index contributed by atoms with van der Waals surface area (Å²) in [5.74, 6) is 0. The number of aromatic amines is 1. The normalized spacial score (nSPS) is 14.6. The number of aromatic nitrogens is 4. The Bertz CT molecular complexity index is 1660. The standard InChI is InChI=1S/C28H28N6O2/c1-31-19-26(21-8-3-4-9-24(21)31)34-27(23(17-29)30-28(34)35)22-18-33(25-10-5-2-7-20(22)25)12-6-11-32-13-15-36-16-14-32/h2-5,7-10,18-19H,6,11-16H2,1H3,(H,30,35). The van der Waals surface area contributed by atoms with Crippen LogP contribution in [-0.4, -0.2) is 56.4 Å². The fourth-order valence-electron chi connectivity index (χ4n) is 5.41. The summed E-state index contributed by atoms with van der Waals surface area (Å²) in [6, 6.07) is 18.4. The highest BCUT2D eigenvalue weighted by atomic mass is 16.5. The maximum atomic E-state index is 13.3. The SMILES string of the molecule is Cn1cc(-n2c(-c3cn(CCCN4CCOCC4)c4ccccc34)c(C#N)[nH]c2=O)c2ccccc21. The highest BCUT2D eigenvalue weighted by Crippen LogP contribution is 2.35. The van der Waals surface area contributed by atoms with E-state index in [0.717, 1.165) is 78.9 Å². The van der Waals surface area contributed by atoms with Crippen molar-refractivity contribution in [1.29, 1.82) is 5.26 Å². The van der Waals surface area contributed by atoms with E-state index in [1.165, 1.54) is 0 Å². The van der Waals surface area contributed by atoms with Crippen molar-refractivity contribution in [3.63, 3.8) is 0 Å². The van der Waals surface area contributed by atoms with Crippen LogP contribution < -0.4 is 5.69 Å². The van der Waals surface area contributed by atoms with Crippen molar-refractivity contribution in [2.24, 2.45) is 7.05 Å². The Morgan fingerprint density at radius 3 is 2.47 bits per heavy atom. The molecule has 8 nitrogen and oxygen atoms in total. The summed E-state index contributed by atoms with van der Waals surface area (Å²) in [4.78, 5) is 18.5. The predicted molar refractivity (Wildman–Crippen MR) is 140 cm³/mol. The van der Waals surface area contributed by atoms with Gasteiger partial charge in [-0.05, 0) is 18.6 Å². The van der Waals surface area contributed by atoms with E-state index in [2.05, 4.69) is 38.8 Å². The quantitative estimate of drug-likeness (QED) is 0.400. The van der Waals surface area contributed by atoms with Gasteiger partial charge >= 0.3 is 5.69 Å². The number of morpholine rings is 1. The lowest BCUT2D eigenvalue weighted by Gasteiger charge is -2.26. The van der Waals surface area contributed by atoms with Crippen molar-refractivity contribution in [1.82, 2.24) is 23.6 Å². The molecule has 1 aliphatic rings. The van der Waals surface area contributed by atoms with Crippen LogP contribution in [0.15, 0.2) is 65.7 Å². The Morgan fingerprint density at radius 2 is 1.69 bits per heavy atom. The molecule has 0 spiro atoms. The number of aryl methyl sites for hydroxylation is 2. The summed E-state index contributed by atoms with van der Waals surface area (Å²) in [5.41, 5.74) is 4.30. The van der Waals surface area contributed by atoms with Gasteiger partial charge in [0.1, 0.15) is 11.8 Å². The Morgan fingerprint density at radius 1 is 0.972 bits per heavy atom. The summed E-state index contributed by atoms with van der Waals surface area (Å²) < 4.78 is 11.4. The van der Waals surface area contributed by atoms with E-state index in [-0.39, 0.29) is 11.4 Å². The van der Waals surface area contributed by atoms with Crippen LogP contribution in [0.4, 0.5) is 0 Å². The number of nitrogens with one attached hydrogen (secondary N) is 1. The first-order valence-corrected chi connectivity index (χ1v) is 12.3. The van der Waals surface area contributed by atoms with Crippen LogP contribution in [0.25, 0.3) is 38.8 Å². The minimum absolute atomic E-state index is 0.268. The Labute approximate surface area is 208 Å². The molecule has 0 bridgehead atoms. The van der Waals surface area contributed by atoms with Crippen molar-refractivity contribution in [3.8, 4) is 23.0 Å². The highest BCUT2D eigenvalue weighted by molar-refractivity contribution is 5.98. The van der Waals surface area contributed by atoms with Gasteiger partial charge in [-0.1, -0.05) is 36.4 Å². The lowest BCUT2D eigenvalue weighted by Crippen LogP contribution is -2.37. The van der Waals surface area contributed by atoms with Crippen LogP contribution in [0.5, 0.6) is 0 Å². The number of fused-ring (bicyclic) bond motifs is 2. The summed E-state index contributed by atoms with van der Waals surface area (Å²) in [6.07, 6.45) is 5.05. The summed E-state index contributed by atoms with van der Waals surface area (Å²) in [5, 5.41) is 12.0. The number of imidazole rings is 1. The number of hydrogen-bond acceptors (Lipinski definition) is 4. The molecule has 0 unspecified atom stereocenters. The third kappa shape index (κ3) is 3.73. The van der Waals surface area contributed by atoms with Crippen LogP contribution in [0.2, 0.25) is 0 Å². The van der Waals surface area contributed by atoms with Gasteiger partial charge in [0.15, 0.2) is 0 Å². The molecule has 0 atom stereocenters. The van der Waals surface area contributed by atoms with Crippen molar-refractivity contribution < 1.29 is 4.74 Å². The molecule has 36 heavy (non-hydrogen) atoms. The Balaban J connectivity index is 1.47. The summed E-state index contributed by atoms with van der Waals surface area (Å²) in [6.45, 7) is 5.41. The molecule has 1 aliphatic heterocycles. The van der Waals surface area contributed by atoms with Crippen LogP contribution in [-0.2, 0) is 18.3 Å². The second kappa shape index (κ2) is 9.19. The average molecular weight is 481 g/mol. The van der Waals surface area contributed by atoms with Crippen LogP contribution in [0.3, 0.4) is 0 Å². The number of H-pyrrole nitrogens is 1. The van der Waals surface area contributed by atoms with E-state index in [1.54, 1.807) is 4.57 Å². The summed E-state index contributed by atoms with van der Waals surface area (Å²) >= 11 is 0. The van der Waals surface area contributed by atoms with Crippen molar-refractivity contribution in [2.75, 3.05) is 32.8 Å². The zero-order valence-corrected chi connectivity index (χ0v) is 20.3. The highest BCUT2D eigenvalue weighted by Gasteiger charge is 2.23. The monoisotopic (exact) mass is 480 g/mol. The molecule has 8 heteroatoms. The fraction of sp³-hybridized carbons (Fsp3) is 0.286. The molecule has 6 rings (SSSR count). The molecule has 5 aromatic rings. The Hall–Kier alpha value is -4.06. The number of benzene rings is 2. The van der Waals surface area contributed by atoms with Gasteiger partial charge in [0.05, 0.1) is 24.6 Å². The second-order valence-corrected chi connectivity index (χ2v) is 9.30. The molecule has 0 saturated carbocycles. The van der Waals surface area contributed by atoms with E-state index in [9.17, 15) is 10.1 Å². The minimum Gasteiger partial charge on any atom is -0.379 e. The van der Waals surface area contributed by atoms with E-state index < -0.39 is 0 Å². The van der Waals surface area contributed by atoms with Gasteiger partial charge in [-0.15, -0.1) is 0 Å². The van der Waals surface area contributed by atoms with Crippen LogP contribution in [0.1, 0.15) is 12.1 Å². The van der Waals surface area contributed by atoms with Crippen LogP contribution in [0, 0.1) is 11.3 Å². The molecule has 0 aliphatic carbocycles. The molecule has 1 fully saturated rings. The number of para-hydroxylation sites is 2. The zero-order valence-electron chi connectivity index (χ0n) is 20.3. The van der Waals surface area contributed by atoms with Gasteiger partial charge in [0, 0.05) is 73.0 Å². The fourth-order valence-corrected chi connectivity index (χ4v) is 5.41. The number of ether oxygens (including phenoxy) is 1. The average Bonchev–Trinajstić information content (AvgIpc) is 3.55. The van der Waals surface area contributed by atoms with Gasteiger partial charge in [0.25, 0.3) is 0 Å². The minimum atomic E-state index is -0.318. The van der Waals surface area contributed by atoms with Crippen molar-refractivity contribution >= 4 is 21.8 Å². The van der Waals surface area contributed by atoms with Crippen molar-refractivity contribution in [2.45, 2.75) is 13.0 Å². The molecule has 3 aromatic heterocycles. The topological polar surface area (TPSA) is 83.9 Å². The molecule has 0 radical (unpaired) electrons. The van der Waals surface area contributed by atoms with E-state index in [1.807, 2.05) is 54.2 Å². The zero-order chi connectivity index (χ0) is 24.6. The first-order chi connectivity index (χ1) is 17.7. The molecule has 182 valence electrons.